The second-order valence-corrected chi connectivity index (χ2v) is 11.9. The van der Waals surface area contributed by atoms with Gasteiger partial charge in [0.1, 0.15) is 6.61 Å². The van der Waals surface area contributed by atoms with E-state index in [1.807, 2.05) is 38.1 Å². The molecule has 0 unspecified atom stereocenters. The predicted molar refractivity (Wildman–Crippen MR) is 155 cm³/mol. The summed E-state index contributed by atoms with van der Waals surface area (Å²) >= 11 is 11.2. The molecular weight excluding hydrogens is 590 g/mol. The maximum Gasteiger partial charge on any atom is 0.336 e. The lowest BCUT2D eigenvalue weighted by Crippen LogP contribution is -2.36. The topological polar surface area (TPSA) is 84.9 Å². The van der Waals surface area contributed by atoms with Gasteiger partial charge < -0.3 is 19.9 Å². The van der Waals surface area contributed by atoms with Gasteiger partial charge in [-0.15, -0.1) is 0 Å². The van der Waals surface area contributed by atoms with Crippen molar-refractivity contribution in [1.29, 1.82) is 0 Å². The van der Waals surface area contributed by atoms with E-state index in [4.69, 9.17) is 21.1 Å². The first kappa shape index (κ1) is 28.6. The quantitative estimate of drug-likeness (QED) is 0.234. The van der Waals surface area contributed by atoms with Crippen molar-refractivity contribution in [3.63, 3.8) is 0 Å². The largest absolute Gasteiger partial charge is 0.503 e. The molecule has 6 nitrogen and oxygen atoms in total. The van der Waals surface area contributed by atoms with Crippen LogP contribution >= 0.6 is 39.3 Å². The number of carbonyl (C=O) groups is 2. The van der Waals surface area contributed by atoms with Crippen molar-refractivity contribution >= 4 is 51.0 Å². The van der Waals surface area contributed by atoms with Crippen LogP contribution in [-0.2, 0) is 14.3 Å². The predicted octanol–water partition coefficient (Wildman–Crippen LogP) is 6.86. The molecule has 0 aromatic heterocycles. The summed E-state index contributed by atoms with van der Waals surface area (Å²) in [5, 5.41) is 14.6. The van der Waals surface area contributed by atoms with E-state index in [1.165, 1.54) is 0 Å². The Bertz CT molecular complexity index is 1290. The fourth-order valence-corrected chi connectivity index (χ4v) is 6.13. The number of thioether (sulfide) groups is 1. The number of esters is 1. The third-order valence-corrected chi connectivity index (χ3v) is 8.46. The Hall–Kier alpha value is -2.42. The number of phenolic OH excluding ortho intramolecular Hbond substituents is 1. The Morgan fingerprint density at radius 3 is 2.61 bits per heavy atom. The van der Waals surface area contributed by atoms with Gasteiger partial charge in [0.05, 0.1) is 16.7 Å². The van der Waals surface area contributed by atoms with Crippen LogP contribution in [0.5, 0.6) is 11.5 Å². The lowest BCUT2D eigenvalue weighted by Gasteiger charge is -2.37. The minimum absolute atomic E-state index is 0.00965. The summed E-state index contributed by atoms with van der Waals surface area (Å²) in [5.74, 6) is 0.717. The summed E-state index contributed by atoms with van der Waals surface area (Å²) in [6, 6.07) is 11.0. The number of halogens is 2. The molecule has 2 atom stereocenters. The van der Waals surface area contributed by atoms with Crippen LogP contribution in [0.25, 0.3) is 0 Å². The van der Waals surface area contributed by atoms with Crippen LogP contribution in [0.15, 0.2) is 63.4 Å². The molecule has 4 rings (SSSR count). The van der Waals surface area contributed by atoms with Gasteiger partial charge in [0.2, 0.25) is 0 Å². The number of hydrogen-bond donors (Lipinski definition) is 2. The number of ether oxygens (including phenoxy) is 2. The molecule has 0 amide bonds. The number of aromatic hydroxyl groups is 1. The minimum Gasteiger partial charge on any atom is -0.503 e. The molecule has 2 aliphatic rings. The van der Waals surface area contributed by atoms with Crippen molar-refractivity contribution < 1.29 is 24.2 Å². The molecule has 38 heavy (non-hydrogen) atoms. The van der Waals surface area contributed by atoms with E-state index in [0.717, 1.165) is 17.0 Å². The van der Waals surface area contributed by atoms with Crippen LogP contribution in [-0.4, -0.2) is 41.6 Å². The van der Waals surface area contributed by atoms with E-state index in [9.17, 15) is 14.7 Å². The van der Waals surface area contributed by atoms with Crippen molar-refractivity contribution in [3.8, 4) is 11.5 Å². The van der Waals surface area contributed by atoms with Crippen molar-refractivity contribution in [2.45, 2.75) is 45.4 Å². The number of rotatable bonds is 9. The number of benzene rings is 2. The molecular formula is C29H31BrClNO5S. The summed E-state index contributed by atoms with van der Waals surface area (Å²) in [5.41, 5.74) is 4.09. The minimum atomic E-state index is -0.660. The van der Waals surface area contributed by atoms with Gasteiger partial charge in [-0.25, -0.2) is 4.79 Å². The first-order valence-corrected chi connectivity index (χ1v) is 15.0. The van der Waals surface area contributed by atoms with Gasteiger partial charge in [0, 0.05) is 40.1 Å². The standard InChI is InChI=1S/C29H31BrClNO5S/c1-4-36-24-15-19(12-21(30)28(24)34)26-25(29(35)37-10-11-38-5-2)16(3)32-22-13-18(14-23(33)27(22)26)17-6-8-20(31)9-7-17/h6-9,12,15,18,26,32,34H,4-5,10-11,13-14H2,1-3H3/t18-,26-/m0/s1. The van der Waals surface area contributed by atoms with Gasteiger partial charge in [-0.2, -0.15) is 11.8 Å². The highest BCUT2D eigenvalue weighted by atomic mass is 79.9. The highest BCUT2D eigenvalue weighted by molar-refractivity contribution is 9.10. The van der Waals surface area contributed by atoms with Crippen LogP contribution in [0.3, 0.4) is 0 Å². The number of hydrogen-bond acceptors (Lipinski definition) is 7. The number of dihydropyridines is 1. The number of carbonyl (C=O) groups excluding carboxylic acids is 2. The molecule has 9 heteroatoms. The summed E-state index contributed by atoms with van der Waals surface area (Å²) in [7, 11) is 0. The Morgan fingerprint density at radius 2 is 1.92 bits per heavy atom. The summed E-state index contributed by atoms with van der Waals surface area (Å²) in [6.45, 7) is 6.35. The average molecular weight is 621 g/mol. The second-order valence-electron chi connectivity index (χ2n) is 9.18. The number of nitrogens with one attached hydrogen (secondary N) is 1. The SMILES string of the molecule is CCOc1cc([C@H]2C(C(=O)OCCSCC)=C(C)NC3=C2C(=O)C[C@@H](c2ccc(Cl)cc2)C3)cc(Br)c1O. The molecule has 2 aromatic rings. The molecule has 2 N–H and O–H groups in total. The summed E-state index contributed by atoms with van der Waals surface area (Å²) in [6.07, 6.45) is 0.925. The number of phenols is 1. The first-order chi connectivity index (χ1) is 18.2. The maximum absolute atomic E-state index is 13.8. The number of Topliss-reactive ketones (excluding diaryl/α,β-unsaturated/α-hetero) is 1. The van der Waals surface area contributed by atoms with E-state index in [-0.39, 0.29) is 29.8 Å². The van der Waals surface area contributed by atoms with Gasteiger partial charge in [0.25, 0.3) is 0 Å². The van der Waals surface area contributed by atoms with Gasteiger partial charge >= 0.3 is 5.97 Å². The second kappa shape index (κ2) is 12.6. The zero-order valence-corrected chi connectivity index (χ0v) is 24.8. The van der Waals surface area contributed by atoms with E-state index in [2.05, 4.69) is 28.2 Å². The van der Waals surface area contributed by atoms with Crippen molar-refractivity contribution in [3.05, 3.63) is 79.6 Å². The van der Waals surface area contributed by atoms with Gasteiger partial charge in [0.15, 0.2) is 17.3 Å². The van der Waals surface area contributed by atoms with Gasteiger partial charge in [-0.3, -0.25) is 4.79 Å². The van der Waals surface area contributed by atoms with Gasteiger partial charge in [-0.05, 0) is 83.3 Å². The molecule has 0 fully saturated rings. The molecule has 202 valence electrons. The lowest BCUT2D eigenvalue weighted by atomic mass is 9.71. The van der Waals surface area contributed by atoms with Crippen LogP contribution in [0.4, 0.5) is 0 Å². The van der Waals surface area contributed by atoms with Crippen LogP contribution < -0.4 is 10.1 Å². The lowest BCUT2D eigenvalue weighted by molar-refractivity contribution is -0.138. The molecule has 0 saturated heterocycles. The molecule has 0 saturated carbocycles. The smallest absolute Gasteiger partial charge is 0.336 e. The van der Waals surface area contributed by atoms with Crippen LogP contribution in [0, 0.1) is 0 Å². The van der Waals surface area contributed by atoms with Crippen LogP contribution in [0.2, 0.25) is 5.02 Å². The molecule has 0 radical (unpaired) electrons. The van der Waals surface area contributed by atoms with Gasteiger partial charge in [-0.1, -0.05) is 30.7 Å². The van der Waals surface area contributed by atoms with Crippen LogP contribution in [0.1, 0.15) is 56.6 Å². The molecule has 1 aliphatic carbocycles. The number of ketones is 1. The zero-order chi connectivity index (χ0) is 27.4. The monoisotopic (exact) mass is 619 g/mol. The summed E-state index contributed by atoms with van der Waals surface area (Å²) < 4.78 is 11.7. The van der Waals surface area contributed by atoms with Crippen molar-refractivity contribution in [1.82, 2.24) is 5.32 Å². The average Bonchev–Trinajstić information content (AvgIpc) is 2.88. The molecule has 0 spiro atoms. The fraction of sp³-hybridized carbons (Fsp3) is 0.379. The Balaban J connectivity index is 1.78. The van der Waals surface area contributed by atoms with Crippen molar-refractivity contribution in [2.24, 2.45) is 0 Å². The Kier molecular flexibility index (Phi) is 9.50. The molecule has 1 aliphatic heterocycles. The van der Waals surface area contributed by atoms with Crippen molar-refractivity contribution in [2.75, 3.05) is 24.7 Å². The molecule has 2 aromatic carbocycles. The highest BCUT2D eigenvalue weighted by Crippen LogP contribution is 2.48. The molecule has 0 bridgehead atoms. The highest BCUT2D eigenvalue weighted by Gasteiger charge is 2.42. The Morgan fingerprint density at radius 1 is 1.18 bits per heavy atom. The maximum atomic E-state index is 13.8. The Labute approximate surface area is 240 Å². The van der Waals surface area contributed by atoms with E-state index in [1.54, 1.807) is 23.9 Å². The summed E-state index contributed by atoms with van der Waals surface area (Å²) in [4.78, 5) is 27.3. The zero-order valence-electron chi connectivity index (χ0n) is 21.6. The first-order valence-electron chi connectivity index (χ1n) is 12.6. The normalized spacial score (nSPS) is 19.2. The van der Waals surface area contributed by atoms with E-state index in [0.29, 0.717) is 57.1 Å². The fourth-order valence-electron chi connectivity index (χ4n) is 5.05. The number of allylic oxidation sites excluding steroid dienone is 3. The molecule has 1 heterocycles. The van der Waals surface area contributed by atoms with E-state index >= 15 is 0 Å². The third kappa shape index (κ3) is 6.08. The van der Waals surface area contributed by atoms with E-state index < -0.39 is 11.9 Å². The third-order valence-electron chi connectivity index (χ3n) is 6.74.